The van der Waals surface area contributed by atoms with Crippen LogP contribution in [0, 0.1) is 29.6 Å². The van der Waals surface area contributed by atoms with Gasteiger partial charge >= 0.3 is 0 Å². The summed E-state index contributed by atoms with van der Waals surface area (Å²) in [6.45, 7) is 1.98. The van der Waals surface area contributed by atoms with Crippen molar-refractivity contribution in [2.24, 2.45) is 5.73 Å². The molecule has 3 N–H and O–H groups in total. The fourth-order valence-corrected chi connectivity index (χ4v) is 3.53. The van der Waals surface area contributed by atoms with E-state index >= 15 is 0 Å². The van der Waals surface area contributed by atoms with Gasteiger partial charge in [-0.1, -0.05) is 36.4 Å². The molecule has 5 heteroatoms. The lowest BCUT2D eigenvalue weighted by molar-refractivity contribution is 0.862. The van der Waals surface area contributed by atoms with Crippen LogP contribution < -0.4 is 16.0 Å². The van der Waals surface area contributed by atoms with Crippen molar-refractivity contribution in [1.82, 2.24) is 0 Å². The second-order valence-electron chi connectivity index (χ2n) is 6.05. The number of para-hydroxylation sites is 2. The standard InChI is InChI=1S/C20H15N5/c1-12-6-2-3-7-13(12)18-14(10-21)19(23)25-17-9-5-4-8-16(17)24-20(25)15(18)11-22/h2-9,18,24H,23H2,1H3/t18-/m0/s1. The number of nitriles is 2. The van der Waals surface area contributed by atoms with Crippen LogP contribution >= 0.6 is 0 Å². The molecule has 0 saturated heterocycles. The lowest BCUT2D eigenvalue weighted by atomic mass is 9.81. The quantitative estimate of drug-likeness (QED) is 0.838. The molecule has 4 rings (SSSR count). The molecule has 2 aliphatic rings. The van der Waals surface area contributed by atoms with Crippen molar-refractivity contribution < 1.29 is 0 Å². The van der Waals surface area contributed by atoms with E-state index in [4.69, 9.17) is 5.73 Å². The zero-order valence-electron chi connectivity index (χ0n) is 13.6. The Balaban J connectivity index is 2.00. The molecular weight excluding hydrogens is 310 g/mol. The van der Waals surface area contributed by atoms with Gasteiger partial charge in [-0.05, 0) is 30.2 Å². The number of rotatable bonds is 1. The number of benzene rings is 2. The average molecular weight is 325 g/mol. The van der Waals surface area contributed by atoms with E-state index in [1.165, 1.54) is 0 Å². The monoisotopic (exact) mass is 325 g/mol. The van der Waals surface area contributed by atoms with Crippen molar-refractivity contribution in [3.8, 4) is 12.1 Å². The van der Waals surface area contributed by atoms with Crippen molar-refractivity contribution in [2.45, 2.75) is 12.8 Å². The number of allylic oxidation sites excluding steroid dienone is 2. The van der Waals surface area contributed by atoms with Crippen molar-refractivity contribution in [3.63, 3.8) is 0 Å². The molecule has 0 aliphatic carbocycles. The van der Waals surface area contributed by atoms with E-state index in [0.29, 0.717) is 22.8 Å². The number of nitrogens with two attached hydrogens (primary N) is 1. The summed E-state index contributed by atoms with van der Waals surface area (Å²) in [5.41, 5.74) is 10.9. The number of nitrogens with zero attached hydrogens (tertiary/aromatic N) is 3. The maximum Gasteiger partial charge on any atom is 0.131 e. The maximum absolute atomic E-state index is 9.89. The Morgan fingerprint density at radius 1 is 1.00 bits per heavy atom. The number of hydrogen-bond donors (Lipinski definition) is 2. The molecule has 5 nitrogen and oxygen atoms in total. The molecule has 0 unspecified atom stereocenters. The topological polar surface area (TPSA) is 88.9 Å². The minimum Gasteiger partial charge on any atom is -0.384 e. The third kappa shape index (κ3) is 2.00. The first-order valence-corrected chi connectivity index (χ1v) is 7.93. The highest BCUT2D eigenvalue weighted by Crippen LogP contribution is 2.47. The van der Waals surface area contributed by atoms with Gasteiger partial charge < -0.3 is 11.1 Å². The summed E-state index contributed by atoms with van der Waals surface area (Å²) in [4.78, 5) is 1.77. The summed E-state index contributed by atoms with van der Waals surface area (Å²) in [5.74, 6) is 0.528. The first-order valence-electron chi connectivity index (χ1n) is 7.93. The third-order valence-corrected chi connectivity index (χ3v) is 4.71. The number of hydrogen-bond acceptors (Lipinski definition) is 5. The zero-order chi connectivity index (χ0) is 17.6. The number of fused-ring (bicyclic) bond motifs is 3. The van der Waals surface area contributed by atoms with Gasteiger partial charge in [0.1, 0.15) is 11.6 Å². The first kappa shape index (κ1) is 14.9. The molecule has 2 heterocycles. The van der Waals surface area contributed by atoms with Crippen molar-refractivity contribution in [3.05, 3.63) is 82.4 Å². The molecule has 0 saturated carbocycles. The van der Waals surface area contributed by atoms with Crippen molar-refractivity contribution >= 4 is 11.4 Å². The minimum atomic E-state index is -0.468. The molecular formula is C20H15N5. The summed E-state index contributed by atoms with van der Waals surface area (Å²) in [6.07, 6.45) is 0. The highest BCUT2D eigenvalue weighted by molar-refractivity contribution is 5.86. The lowest BCUT2D eigenvalue weighted by Crippen LogP contribution is -2.34. The predicted octanol–water partition coefficient (Wildman–Crippen LogP) is 3.45. The average Bonchev–Trinajstić information content (AvgIpc) is 3.01. The Labute approximate surface area is 145 Å². The molecule has 0 spiro atoms. The van der Waals surface area contributed by atoms with Gasteiger partial charge in [0.05, 0.1) is 40.6 Å². The molecule has 0 radical (unpaired) electrons. The molecule has 2 aliphatic heterocycles. The summed E-state index contributed by atoms with van der Waals surface area (Å²) in [7, 11) is 0. The van der Waals surface area contributed by atoms with Crippen LogP contribution in [0.1, 0.15) is 17.0 Å². The molecule has 2 aromatic rings. The molecule has 1 atom stereocenters. The van der Waals surface area contributed by atoms with Gasteiger partial charge in [0.25, 0.3) is 0 Å². The molecule has 0 fully saturated rings. The number of nitrogens with one attached hydrogen (secondary N) is 1. The van der Waals surface area contributed by atoms with E-state index in [2.05, 4.69) is 17.5 Å². The zero-order valence-corrected chi connectivity index (χ0v) is 13.6. The molecule has 25 heavy (non-hydrogen) atoms. The summed E-state index contributed by atoms with van der Waals surface area (Å²) >= 11 is 0. The SMILES string of the molecule is Cc1ccccc1[C@H]1C(C#N)=C(N)N2C(=C1C#N)Nc1ccccc12. The predicted molar refractivity (Wildman–Crippen MR) is 95.9 cm³/mol. The fourth-order valence-electron chi connectivity index (χ4n) is 3.53. The molecule has 0 bridgehead atoms. The van der Waals surface area contributed by atoms with E-state index < -0.39 is 5.92 Å². The highest BCUT2D eigenvalue weighted by Gasteiger charge is 2.40. The molecule has 0 aromatic heterocycles. The van der Waals surface area contributed by atoms with Gasteiger partial charge in [-0.25, -0.2) is 0 Å². The van der Waals surface area contributed by atoms with Crippen molar-refractivity contribution in [2.75, 3.05) is 10.2 Å². The van der Waals surface area contributed by atoms with Crippen LogP contribution in [-0.4, -0.2) is 0 Å². The van der Waals surface area contributed by atoms with Gasteiger partial charge in [0.15, 0.2) is 0 Å². The molecule has 2 aromatic carbocycles. The van der Waals surface area contributed by atoms with Crippen LogP contribution in [0.25, 0.3) is 0 Å². The van der Waals surface area contributed by atoms with E-state index in [0.717, 1.165) is 22.5 Å². The van der Waals surface area contributed by atoms with E-state index in [1.54, 1.807) is 4.90 Å². The van der Waals surface area contributed by atoms with Gasteiger partial charge in [0.2, 0.25) is 0 Å². The van der Waals surface area contributed by atoms with Crippen LogP contribution in [0.4, 0.5) is 11.4 Å². The van der Waals surface area contributed by atoms with Gasteiger partial charge in [-0.15, -0.1) is 0 Å². The van der Waals surface area contributed by atoms with Crippen LogP contribution in [0.3, 0.4) is 0 Å². The molecule has 0 amide bonds. The van der Waals surface area contributed by atoms with Crippen LogP contribution in [0.2, 0.25) is 0 Å². The Hall–Kier alpha value is -3.70. The first-order chi connectivity index (χ1) is 12.2. The molecule has 120 valence electrons. The van der Waals surface area contributed by atoms with E-state index in [9.17, 15) is 10.5 Å². The Bertz CT molecular complexity index is 1030. The summed E-state index contributed by atoms with van der Waals surface area (Å²) in [6, 6.07) is 20.0. The lowest BCUT2D eigenvalue weighted by Gasteiger charge is -2.32. The van der Waals surface area contributed by atoms with Crippen LogP contribution in [0.5, 0.6) is 0 Å². The Morgan fingerprint density at radius 2 is 1.68 bits per heavy atom. The van der Waals surface area contributed by atoms with Gasteiger partial charge in [-0.3, -0.25) is 4.90 Å². The largest absolute Gasteiger partial charge is 0.384 e. The van der Waals surface area contributed by atoms with E-state index in [-0.39, 0.29) is 0 Å². The van der Waals surface area contributed by atoms with Gasteiger partial charge in [-0.2, -0.15) is 10.5 Å². The summed E-state index contributed by atoms with van der Waals surface area (Å²) in [5, 5.41) is 23.0. The fraction of sp³-hybridized carbons (Fsp3) is 0.100. The number of aryl methyl sites for hydroxylation is 1. The van der Waals surface area contributed by atoms with Crippen LogP contribution in [0.15, 0.2) is 71.3 Å². The normalized spacial score (nSPS) is 18.2. The summed E-state index contributed by atoms with van der Waals surface area (Å²) < 4.78 is 0. The second-order valence-corrected chi connectivity index (χ2v) is 6.05. The van der Waals surface area contributed by atoms with Crippen LogP contribution in [-0.2, 0) is 0 Å². The minimum absolute atomic E-state index is 0.363. The Kier molecular flexibility index (Phi) is 3.23. The third-order valence-electron chi connectivity index (χ3n) is 4.71. The smallest absolute Gasteiger partial charge is 0.131 e. The maximum atomic E-state index is 9.89. The highest BCUT2D eigenvalue weighted by atomic mass is 15.4. The van der Waals surface area contributed by atoms with Gasteiger partial charge in [0, 0.05) is 0 Å². The second kappa shape index (κ2) is 5.43. The Morgan fingerprint density at radius 3 is 2.40 bits per heavy atom. The number of anilines is 2. The van der Waals surface area contributed by atoms with Crippen molar-refractivity contribution in [1.29, 1.82) is 10.5 Å². The van der Waals surface area contributed by atoms with E-state index in [1.807, 2.05) is 55.5 Å².